The number of hydrogen-bond acceptors (Lipinski definition) is 3. The summed E-state index contributed by atoms with van der Waals surface area (Å²) in [5, 5.41) is 9.19. The molecule has 1 aliphatic rings. The van der Waals surface area contributed by atoms with Crippen molar-refractivity contribution < 1.29 is 13.5 Å². The number of sulfonamides is 1. The quantitative estimate of drug-likeness (QED) is 0.811. The molecule has 1 saturated carbocycles. The van der Waals surface area contributed by atoms with E-state index in [1.54, 1.807) is 18.2 Å². The van der Waals surface area contributed by atoms with Gasteiger partial charge in [-0.25, -0.2) is 13.1 Å². The van der Waals surface area contributed by atoms with Crippen molar-refractivity contribution in [3.8, 4) is 0 Å². The number of aliphatic hydroxyl groups excluding tert-OH is 1. The average Bonchev–Trinajstić information content (AvgIpc) is 3.21. The summed E-state index contributed by atoms with van der Waals surface area (Å²) in [5.41, 5.74) is 1.41. The Morgan fingerprint density at radius 3 is 2.65 bits per heavy atom. The first-order valence-electron chi connectivity index (χ1n) is 7.21. The van der Waals surface area contributed by atoms with Crippen LogP contribution in [0.4, 0.5) is 0 Å². The van der Waals surface area contributed by atoms with Crippen LogP contribution in [0.1, 0.15) is 44.2 Å². The topological polar surface area (TPSA) is 66.4 Å². The van der Waals surface area contributed by atoms with Crippen molar-refractivity contribution in [1.82, 2.24) is 4.72 Å². The molecule has 1 aliphatic carbocycles. The van der Waals surface area contributed by atoms with Crippen LogP contribution in [0.3, 0.4) is 0 Å². The van der Waals surface area contributed by atoms with Gasteiger partial charge in [-0.15, -0.1) is 0 Å². The van der Waals surface area contributed by atoms with Gasteiger partial charge in [0.2, 0.25) is 10.0 Å². The van der Waals surface area contributed by atoms with Gasteiger partial charge < -0.3 is 5.11 Å². The molecule has 2 N–H and O–H groups in total. The van der Waals surface area contributed by atoms with E-state index >= 15 is 0 Å². The molecule has 0 amide bonds. The van der Waals surface area contributed by atoms with Gasteiger partial charge in [0.25, 0.3) is 0 Å². The number of hydrogen-bond donors (Lipinski definition) is 2. The fourth-order valence-corrected chi connectivity index (χ4v) is 4.09. The highest BCUT2D eigenvalue weighted by molar-refractivity contribution is 7.89. The van der Waals surface area contributed by atoms with Gasteiger partial charge in [0.05, 0.1) is 11.5 Å². The number of nitrogens with one attached hydrogen (secondary N) is 1. The zero-order chi connectivity index (χ0) is 14.8. The molecule has 1 fully saturated rings. The lowest BCUT2D eigenvalue weighted by atomic mass is 10.1. The summed E-state index contributed by atoms with van der Waals surface area (Å²) in [6, 6.07) is 5.08. The first-order valence-corrected chi connectivity index (χ1v) is 8.69. The molecule has 4 nitrogen and oxygen atoms in total. The van der Waals surface area contributed by atoms with Crippen molar-refractivity contribution >= 4 is 10.0 Å². The summed E-state index contributed by atoms with van der Waals surface area (Å²) in [4.78, 5) is 0.300. The number of aliphatic hydroxyl groups is 1. The van der Waals surface area contributed by atoms with Crippen LogP contribution in [0.15, 0.2) is 23.1 Å². The first-order chi connectivity index (χ1) is 9.46. The van der Waals surface area contributed by atoms with E-state index in [0.717, 1.165) is 12.0 Å². The minimum absolute atomic E-state index is 0.0463. The third-order valence-corrected chi connectivity index (χ3v) is 5.40. The van der Waals surface area contributed by atoms with Gasteiger partial charge in [-0.05, 0) is 42.9 Å². The Morgan fingerprint density at radius 1 is 1.40 bits per heavy atom. The molecule has 0 spiro atoms. The Labute approximate surface area is 121 Å². The Kier molecular flexibility index (Phi) is 4.83. The summed E-state index contributed by atoms with van der Waals surface area (Å²) >= 11 is 0. The van der Waals surface area contributed by atoms with Crippen LogP contribution >= 0.6 is 0 Å². The van der Waals surface area contributed by atoms with E-state index in [-0.39, 0.29) is 12.6 Å². The number of aryl methyl sites for hydroxylation is 1. The molecule has 0 aromatic heterocycles. The highest BCUT2D eigenvalue weighted by Crippen LogP contribution is 2.33. The van der Waals surface area contributed by atoms with Crippen LogP contribution in [0.5, 0.6) is 0 Å². The van der Waals surface area contributed by atoms with E-state index in [9.17, 15) is 13.5 Å². The molecule has 112 valence electrons. The Bertz CT molecular complexity index is 564. The van der Waals surface area contributed by atoms with Gasteiger partial charge >= 0.3 is 0 Å². The largest absolute Gasteiger partial charge is 0.392 e. The van der Waals surface area contributed by atoms with Crippen LogP contribution in [-0.4, -0.2) is 19.6 Å². The van der Waals surface area contributed by atoms with Gasteiger partial charge in [-0.3, -0.25) is 0 Å². The molecule has 5 heteroatoms. The molecule has 0 saturated heterocycles. The summed E-state index contributed by atoms with van der Waals surface area (Å²) in [6.07, 6.45) is 3.98. The maximum atomic E-state index is 12.5. The second-order valence-corrected chi connectivity index (χ2v) is 7.34. The van der Waals surface area contributed by atoms with Gasteiger partial charge in [-0.2, -0.15) is 0 Å². The Hall–Kier alpha value is -0.910. The van der Waals surface area contributed by atoms with Crippen molar-refractivity contribution in [1.29, 1.82) is 0 Å². The lowest BCUT2D eigenvalue weighted by Gasteiger charge is -2.16. The zero-order valence-corrected chi connectivity index (χ0v) is 12.9. The van der Waals surface area contributed by atoms with Crippen molar-refractivity contribution in [2.24, 2.45) is 5.92 Å². The standard InChI is InChI=1S/C15H23NO3S/c1-3-14-7-6-13(10-17)9-15(14)20(18,19)16-11(2)8-12-4-5-12/h6-7,9,11-12,16-17H,3-5,8,10H2,1-2H3. The molecule has 2 rings (SSSR count). The van der Waals surface area contributed by atoms with E-state index in [4.69, 9.17) is 0 Å². The molecule has 1 aromatic rings. The smallest absolute Gasteiger partial charge is 0.241 e. The fraction of sp³-hybridized carbons (Fsp3) is 0.600. The van der Waals surface area contributed by atoms with Crippen LogP contribution in [0.25, 0.3) is 0 Å². The third-order valence-electron chi connectivity index (χ3n) is 3.72. The summed E-state index contributed by atoms with van der Waals surface area (Å²) in [5.74, 6) is 0.683. The molecule has 1 atom stereocenters. The lowest BCUT2D eigenvalue weighted by Crippen LogP contribution is -2.33. The predicted molar refractivity (Wildman–Crippen MR) is 78.9 cm³/mol. The molecule has 0 bridgehead atoms. The monoisotopic (exact) mass is 297 g/mol. The molecular weight excluding hydrogens is 274 g/mol. The van der Waals surface area contributed by atoms with Gasteiger partial charge in [-0.1, -0.05) is 31.9 Å². The summed E-state index contributed by atoms with van der Waals surface area (Å²) in [7, 11) is -3.51. The predicted octanol–water partition coefficient (Wildman–Crippen LogP) is 2.21. The first kappa shape index (κ1) is 15.5. The van der Waals surface area contributed by atoms with Crippen LogP contribution < -0.4 is 4.72 Å². The van der Waals surface area contributed by atoms with E-state index in [1.165, 1.54) is 12.8 Å². The normalized spacial score (nSPS) is 17.1. The molecule has 1 unspecified atom stereocenters. The second-order valence-electron chi connectivity index (χ2n) is 5.66. The summed E-state index contributed by atoms with van der Waals surface area (Å²) < 4.78 is 27.8. The Morgan fingerprint density at radius 2 is 2.10 bits per heavy atom. The molecule has 0 radical (unpaired) electrons. The van der Waals surface area contributed by atoms with Crippen molar-refractivity contribution in [3.63, 3.8) is 0 Å². The van der Waals surface area contributed by atoms with Gasteiger partial charge in [0.15, 0.2) is 0 Å². The van der Waals surface area contributed by atoms with Crippen molar-refractivity contribution in [2.75, 3.05) is 0 Å². The van der Waals surface area contributed by atoms with Crippen LogP contribution in [0.2, 0.25) is 0 Å². The van der Waals surface area contributed by atoms with Crippen LogP contribution in [-0.2, 0) is 23.1 Å². The Balaban J connectivity index is 2.22. The second kappa shape index (κ2) is 6.24. The minimum atomic E-state index is -3.51. The maximum absolute atomic E-state index is 12.5. The van der Waals surface area contributed by atoms with E-state index < -0.39 is 10.0 Å². The molecule has 0 aliphatic heterocycles. The minimum Gasteiger partial charge on any atom is -0.392 e. The van der Waals surface area contributed by atoms with Crippen molar-refractivity contribution in [3.05, 3.63) is 29.3 Å². The SMILES string of the molecule is CCc1ccc(CO)cc1S(=O)(=O)NC(C)CC1CC1. The number of benzene rings is 1. The fourth-order valence-electron chi connectivity index (χ4n) is 2.47. The van der Waals surface area contributed by atoms with E-state index in [0.29, 0.717) is 22.8 Å². The average molecular weight is 297 g/mol. The van der Waals surface area contributed by atoms with Crippen molar-refractivity contribution in [2.45, 2.75) is 57.1 Å². The third kappa shape index (κ3) is 3.81. The highest BCUT2D eigenvalue weighted by atomic mass is 32.2. The van der Waals surface area contributed by atoms with E-state index in [1.807, 2.05) is 13.8 Å². The zero-order valence-electron chi connectivity index (χ0n) is 12.1. The number of rotatable bonds is 7. The summed E-state index contributed by atoms with van der Waals surface area (Å²) in [6.45, 7) is 3.70. The van der Waals surface area contributed by atoms with Gasteiger partial charge in [0.1, 0.15) is 0 Å². The maximum Gasteiger partial charge on any atom is 0.241 e. The molecule has 1 aromatic carbocycles. The van der Waals surface area contributed by atoms with Crippen LogP contribution in [0, 0.1) is 5.92 Å². The lowest BCUT2D eigenvalue weighted by molar-refractivity contribution is 0.281. The molecule has 0 heterocycles. The molecule has 20 heavy (non-hydrogen) atoms. The van der Waals surface area contributed by atoms with E-state index in [2.05, 4.69) is 4.72 Å². The molecular formula is C15H23NO3S. The highest BCUT2D eigenvalue weighted by Gasteiger charge is 2.27. The van der Waals surface area contributed by atoms with Gasteiger partial charge in [0, 0.05) is 6.04 Å².